The van der Waals surface area contributed by atoms with Gasteiger partial charge in [0.15, 0.2) is 0 Å². The van der Waals surface area contributed by atoms with Crippen LogP contribution in [0.1, 0.15) is 12.0 Å². The summed E-state index contributed by atoms with van der Waals surface area (Å²) in [6.07, 6.45) is 0.552. The number of amides is 1. The summed E-state index contributed by atoms with van der Waals surface area (Å²) < 4.78 is 10.2. The lowest BCUT2D eigenvalue weighted by atomic mass is 9.99. The molecule has 1 aliphatic heterocycles. The van der Waals surface area contributed by atoms with Gasteiger partial charge in [-0.05, 0) is 24.1 Å². The Morgan fingerprint density at radius 2 is 2.44 bits per heavy atom. The number of anilines is 1. The van der Waals surface area contributed by atoms with Crippen molar-refractivity contribution >= 4 is 11.6 Å². The summed E-state index contributed by atoms with van der Waals surface area (Å²) in [5.74, 6) is -0.199. The lowest BCUT2D eigenvalue weighted by molar-refractivity contribution is -0.121. The van der Waals surface area contributed by atoms with Crippen molar-refractivity contribution < 1.29 is 14.3 Å². The van der Waals surface area contributed by atoms with E-state index in [2.05, 4.69) is 5.32 Å². The smallest absolute Gasteiger partial charge is 0.246 e. The van der Waals surface area contributed by atoms with Crippen LogP contribution in [0.25, 0.3) is 0 Å². The van der Waals surface area contributed by atoms with E-state index in [-0.39, 0.29) is 12.5 Å². The van der Waals surface area contributed by atoms with Gasteiger partial charge in [-0.3, -0.25) is 4.79 Å². The molecule has 98 valence electrons. The summed E-state index contributed by atoms with van der Waals surface area (Å²) in [7, 11) is 1.63. The number of nitrogens with two attached hydrogens (primary N) is 1. The van der Waals surface area contributed by atoms with Crippen molar-refractivity contribution in [3.05, 3.63) is 29.8 Å². The van der Waals surface area contributed by atoms with Gasteiger partial charge in [-0.1, -0.05) is 12.1 Å². The minimum atomic E-state index is -0.905. The lowest BCUT2D eigenvalue weighted by Crippen LogP contribution is -2.51. The molecule has 18 heavy (non-hydrogen) atoms. The topological polar surface area (TPSA) is 73.6 Å². The molecule has 1 amide bonds. The second-order valence-electron chi connectivity index (χ2n) is 4.55. The molecule has 0 aromatic heterocycles. The first-order valence-electron chi connectivity index (χ1n) is 5.90. The molecule has 2 rings (SSSR count). The molecule has 1 heterocycles. The molecule has 1 aromatic rings. The van der Waals surface area contributed by atoms with Crippen molar-refractivity contribution in [1.82, 2.24) is 0 Å². The van der Waals surface area contributed by atoms with Gasteiger partial charge in [0.2, 0.25) is 5.91 Å². The average Bonchev–Trinajstić information content (AvgIpc) is 2.78. The number of benzene rings is 1. The monoisotopic (exact) mass is 250 g/mol. The maximum absolute atomic E-state index is 12.1. The third kappa shape index (κ3) is 2.87. The summed E-state index contributed by atoms with van der Waals surface area (Å²) in [5, 5.41) is 2.82. The van der Waals surface area contributed by atoms with E-state index in [9.17, 15) is 4.79 Å². The zero-order valence-corrected chi connectivity index (χ0v) is 10.4. The number of hydrogen-bond donors (Lipinski definition) is 2. The number of rotatable bonds is 4. The third-order valence-electron chi connectivity index (χ3n) is 3.00. The first-order valence-corrected chi connectivity index (χ1v) is 5.90. The second kappa shape index (κ2) is 5.48. The molecular formula is C13H18N2O3. The molecule has 3 N–H and O–H groups in total. The number of methoxy groups -OCH3 is 1. The van der Waals surface area contributed by atoms with E-state index < -0.39 is 5.54 Å². The Morgan fingerprint density at radius 1 is 1.61 bits per heavy atom. The largest absolute Gasteiger partial charge is 0.380 e. The van der Waals surface area contributed by atoms with Crippen LogP contribution in [0.2, 0.25) is 0 Å². The SMILES string of the molecule is COCc1cccc(NC(=O)C2(N)CCOC2)c1. The summed E-state index contributed by atoms with van der Waals surface area (Å²) >= 11 is 0. The van der Waals surface area contributed by atoms with Crippen LogP contribution in [0.3, 0.4) is 0 Å². The van der Waals surface area contributed by atoms with Gasteiger partial charge in [0.05, 0.1) is 13.2 Å². The molecular weight excluding hydrogens is 232 g/mol. The number of carbonyl (C=O) groups excluding carboxylic acids is 1. The third-order valence-corrected chi connectivity index (χ3v) is 3.00. The predicted molar refractivity (Wildman–Crippen MR) is 68.1 cm³/mol. The Labute approximate surface area is 106 Å². The molecule has 1 atom stereocenters. The molecule has 1 aromatic carbocycles. The van der Waals surface area contributed by atoms with Gasteiger partial charge in [-0.15, -0.1) is 0 Å². The van der Waals surface area contributed by atoms with Crippen LogP contribution in [0.5, 0.6) is 0 Å². The molecule has 0 aliphatic carbocycles. The average molecular weight is 250 g/mol. The maximum Gasteiger partial charge on any atom is 0.246 e. The van der Waals surface area contributed by atoms with Gasteiger partial charge in [-0.2, -0.15) is 0 Å². The van der Waals surface area contributed by atoms with E-state index in [0.29, 0.717) is 19.6 Å². The Bertz CT molecular complexity index is 428. The fourth-order valence-electron chi connectivity index (χ4n) is 1.92. The van der Waals surface area contributed by atoms with Crippen molar-refractivity contribution in [2.75, 3.05) is 25.6 Å². The van der Waals surface area contributed by atoms with Crippen LogP contribution in [0.4, 0.5) is 5.69 Å². The standard InChI is InChI=1S/C13H18N2O3/c1-17-8-10-3-2-4-11(7-10)15-12(16)13(14)5-6-18-9-13/h2-4,7H,5-6,8-9,14H2,1H3,(H,15,16). The molecule has 0 bridgehead atoms. The van der Waals surface area contributed by atoms with Crippen LogP contribution in [0, 0.1) is 0 Å². The van der Waals surface area contributed by atoms with Crippen molar-refractivity contribution in [2.45, 2.75) is 18.6 Å². The summed E-state index contributed by atoms with van der Waals surface area (Å²) in [5.41, 5.74) is 6.81. The zero-order valence-electron chi connectivity index (χ0n) is 10.4. The molecule has 5 heteroatoms. The van der Waals surface area contributed by atoms with Crippen molar-refractivity contribution in [1.29, 1.82) is 0 Å². The Morgan fingerprint density at radius 3 is 3.11 bits per heavy atom. The normalized spacial score (nSPS) is 23.0. The fourth-order valence-corrected chi connectivity index (χ4v) is 1.92. The highest BCUT2D eigenvalue weighted by Gasteiger charge is 2.38. The first kappa shape index (κ1) is 13.0. The van der Waals surface area contributed by atoms with Crippen LogP contribution in [-0.2, 0) is 20.9 Å². The van der Waals surface area contributed by atoms with Crippen molar-refractivity contribution in [3.8, 4) is 0 Å². The molecule has 1 saturated heterocycles. The van der Waals surface area contributed by atoms with E-state index in [1.54, 1.807) is 7.11 Å². The Kier molecular flexibility index (Phi) is 3.96. The van der Waals surface area contributed by atoms with Gasteiger partial charge in [0.25, 0.3) is 0 Å². The summed E-state index contributed by atoms with van der Waals surface area (Å²) in [4.78, 5) is 12.1. The van der Waals surface area contributed by atoms with Crippen LogP contribution >= 0.6 is 0 Å². The number of hydrogen-bond acceptors (Lipinski definition) is 4. The van der Waals surface area contributed by atoms with Crippen LogP contribution in [0.15, 0.2) is 24.3 Å². The molecule has 0 spiro atoms. The van der Waals surface area contributed by atoms with E-state index in [0.717, 1.165) is 11.3 Å². The molecule has 1 aliphatic rings. The van der Waals surface area contributed by atoms with Crippen molar-refractivity contribution in [3.63, 3.8) is 0 Å². The summed E-state index contributed by atoms with van der Waals surface area (Å²) in [6.45, 7) is 1.32. The van der Waals surface area contributed by atoms with Gasteiger partial charge in [0.1, 0.15) is 5.54 Å². The Hall–Kier alpha value is -1.43. The molecule has 5 nitrogen and oxygen atoms in total. The number of nitrogens with one attached hydrogen (secondary N) is 1. The van der Waals surface area contributed by atoms with E-state index in [4.69, 9.17) is 15.2 Å². The quantitative estimate of drug-likeness (QED) is 0.832. The van der Waals surface area contributed by atoms with Crippen LogP contribution in [-0.4, -0.2) is 31.8 Å². The molecule has 0 saturated carbocycles. The fraction of sp³-hybridized carbons (Fsp3) is 0.462. The lowest BCUT2D eigenvalue weighted by Gasteiger charge is -2.20. The predicted octanol–water partition coefficient (Wildman–Crippen LogP) is 0.889. The van der Waals surface area contributed by atoms with E-state index >= 15 is 0 Å². The highest BCUT2D eigenvalue weighted by molar-refractivity contribution is 5.98. The van der Waals surface area contributed by atoms with Crippen molar-refractivity contribution in [2.24, 2.45) is 5.73 Å². The highest BCUT2D eigenvalue weighted by atomic mass is 16.5. The molecule has 1 fully saturated rings. The minimum absolute atomic E-state index is 0.199. The number of carbonyl (C=O) groups is 1. The number of ether oxygens (including phenoxy) is 2. The van der Waals surface area contributed by atoms with E-state index in [1.165, 1.54) is 0 Å². The zero-order chi connectivity index (χ0) is 13.0. The second-order valence-corrected chi connectivity index (χ2v) is 4.55. The molecule has 0 radical (unpaired) electrons. The van der Waals surface area contributed by atoms with Gasteiger partial charge in [-0.25, -0.2) is 0 Å². The Balaban J connectivity index is 2.04. The molecule has 1 unspecified atom stereocenters. The summed E-state index contributed by atoms with van der Waals surface area (Å²) in [6, 6.07) is 7.52. The highest BCUT2D eigenvalue weighted by Crippen LogP contribution is 2.19. The van der Waals surface area contributed by atoms with Gasteiger partial charge >= 0.3 is 0 Å². The van der Waals surface area contributed by atoms with Crippen LogP contribution < -0.4 is 11.1 Å². The van der Waals surface area contributed by atoms with Gasteiger partial charge in [0, 0.05) is 19.4 Å². The van der Waals surface area contributed by atoms with E-state index in [1.807, 2.05) is 24.3 Å². The minimum Gasteiger partial charge on any atom is -0.380 e. The maximum atomic E-state index is 12.1. The first-order chi connectivity index (χ1) is 8.64. The van der Waals surface area contributed by atoms with Gasteiger partial charge < -0.3 is 20.5 Å².